The van der Waals surface area contributed by atoms with Crippen LogP contribution >= 0.6 is 69.6 Å². The van der Waals surface area contributed by atoms with Gasteiger partial charge in [0.25, 0.3) is 0 Å². The SMILES string of the molecule is ClC(Cl)Cl.ClC(Cl)Cl.F[B-](F)(F)F.F[B-](F)(F)F.[Zn+2].c1ccc(CN2CN(Cc3ccccc3)CN(Cc3ccccc3)C2)cc1.c1ccc(CN2CN(Cc3ccccc3)CN(Cc3ccccc3)C2)cc1. The molecule has 0 spiro atoms. The van der Waals surface area contributed by atoms with E-state index in [1.165, 1.54) is 33.4 Å². The number of alkyl halides is 6. The first-order valence-corrected chi connectivity index (χ1v) is 25.0. The van der Waals surface area contributed by atoms with Crippen LogP contribution in [0, 0.1) is 0 Å². The summed E-state index contributed by atoms with van der Waals surface area (Å²) in [5.41, 5.74) is 8.24. The van der Waals surface area contributed by atoms with Gasteiger partial charge in [-0.1, -0.05) is 252 Å². The van der Waals surface area contributed by atoms with Gasteiger partial charge in [0.15, 0.2) is 8.59 Å². The Hall–Kier alpha value is -2.99. The van der Waals surface area contributed by atoms with Crippen LogP contribution in [0.25, 0.3) is 0 Å². The molecule has 2 aliphatic heterocycles. The largest absolute Gasteiger partial charge is 2.00 e. The molecule has 2 heterocycles. The molecule has 0 radical (unpaired) electrons. The van der Waals surface area contributed by atoms with Gasteiger partial charge in [-0.2, -0.15) is 0 Å². The number of hydrogen-bond acceptors (Lipinski definition) is 6. The number of nitrogens with zero attached hydrogens (tertiary/aromatic N) is 6. The maximum absolute atomic E-state index is 9.75. The number of halogens is 14. The van der Waals surface area contributed by atoms with E-state index in [4.69, 9.17) is 69.6 Å². The molecule has 23 heteroatoms. The van der Waals surface area contributed by atoms with E-state index in [1.807, 2.05) is 0 Å². The van der Waals surface area contributed by atoms with Crippen molar-refractivity contribution in [3.8, 4) is 0 Å². The average Bonchev–Trinajstić information content (AvgIpc) is 3.30. The molecule has 73 heavy (non-hydrogen) atoms. The summed E-state index contributed by atoms with van der Waals surface area (Å²) in [7, 11) is -12.0. The molecule has 0 aromatic heterocycles. The first-order chi connectivity index (χ1) is 34.2. The molecule has 2 fully saturated rings. The van der Waals surface area contributed by atoms with Crippen molar-refractivity contribution in [2.45, 2.75) is 47.9 Å². The van der Waals surface area contributed by atoms with Gasteiger partial charge in [-0.05, 0) is 33.4 Å². The summed E-state index contributed by atoms with van der Waals surface area (Å²) >= 11 is 28.8. The van der Waals surface area contributed by atoms with Crippen molar-refractivity contribution in [3.63, 3.8) is 0 Å². The molecule has 0 aliphatic carbocycles. The van der Waals surface area contributed by atoms with Crippen LogP contribution in [0.4, 0.5) is 34.5 Å². The summed E-state index contributed by atoms with van der Waals surface area (Å²) in [6.45, 7) is 11.9. The summed E-state index contributed by atoms with van der Waals surface area (Å²) in [5.74, 6) is 0. The summed E-state index contributed by atoms with van der Waals surface area (Å²) in [6.07, 6.45) is 0. The van der Waals surface area contributed by atoms with Gasteiger partial charge >= 0.3 is 34.0 Å². The maximum Gasteiger partial charge on any atom is 2.00 e. The second kappa shape index (κ2) is 36.9. The Bertz CT molecular complexity index is 1850. The molecule has 0 bridgehead atoms. The van der Waals surface area contributed by atoms with Gasteiger partial charge in [0.05, 0.1) is 40.0 Å². The molecule has 0 amide bonds. The third-order valence-corrected chi connectivity index (χ3v) is 9.89. The maximum atomic E-state index is 9.75. The molecular formula is C50H56B2Cl6F8N6Zn. The summed E-state index contributed by atoms with van der Waals surface area (Å²) in [5, 5.41) is 0. The van der Waals surface area contributed by atoms with Crippen LogP contribution in [0.1, 0.15) is 33.4 Å². The van der Waals surface area contributed by atoms with Crippen molar-refractivity contribution in [3.05, 3.63) is 215 Å². The number of rotatable bonds is 12. The van der Waals surface area contributed by atoms with Crippen LogP contribution in [0.5, 0.6) is 0 Å². The van der Waals surface area contributed by atoms with E-state index < -0.39 is 23.1 Å². The zero-order valence-corrected chi connectivity index (χ0v) is 47.3. The van der Waals surface area contributed by atoms with Gasteiger partial charge in [-0.25, -0.2) is 0 Å². The second-order valence-corrected chi connectivity index (χ2v) is 20.2. The van der Waals surface area contributed by atoms with Crippen molar-refractivity contribution in [2.75, 3.05) is 40.0 Å². The van der Waals surface area contributed by atoms with Crippen LogP contribution in [0.3, 0.4) is 0 Å². The molecule has 0 unspecified atom stereocenters. The third kappa shape index (κ3) is 35.8. The van der Waals surface area contributed by atoms with Crippen LogP contribution < -0.4 is 0 Å². The average molecular weight is 1190 g/mol. The van der Waals surface area contributed by atoms with E-state index in [-0.39, 0.29) is 19.5 Å². The monoisotopic (exact) mass is 1190 g/mol. The van der Waals surface area contributed by atoms with Gasteiger partial charge in [-0.3, -0.25) is 29.4 Å². The zero-order valence-electron chi connectivity index (χ0n) is 39.8. The minimum atomic E-state index is -6.00. The topological polar surface area (TPSA) is 19.4 Å². The van der Waals surface area contributed by atoms with Gasteiger partial charge in [0.2, 0.25) is 0 Å². The molecule has 6 aromatic carbocycles. The van der Waals surface area contributed by atoms with Crippen molar-refractivity contribution >= 4 is 84.1 Å². The van der Waals surface area contributed by atoms with Crippen LogP contribution in [0.2, 0.25) is 0 Å². The fourth-order valence-electron chi connectivity index (χ4n) is 7.62. The van der Waals surface area contributed by atoms with Crippen molar-refractivity contribution < 1.29 is 54.0 Å². The van der Waals surface area contributed by atoms with Gasteiger partial charge < -0.3 is 34.5 Å². The molecular weight excluding hydrogens is 1140 g/mol. The molecule has 392 valence electrons. The van der Waals surface area contributed by atoms with Crippen molar-refractivity contribution in [1.29, 1.82) is 0 Å². The first kappa shape index (κ1) is 66.1. The molecule has 2 saturated heterocycles. The van der Waals surface area contributed by atoms with E-state index in [0.29, 0.717) is 0 Å². The molecule has 6 nitrogen and oxygen atoms in total. The summed E-state index contributed by atoms with van der Waals surface area (Å²) < 4.78 is 76.5. The molecule has 2 aliphatic rings. The van der Waals surface area contributed by atoms with E-state index in [1.54, 1.807) is 0 Å². The zero-order chi connectivity index (χ0) is 52.8. The Kier molecular flexibility index (Phi) is 33.4. The number of hydrogen-bond donors (Lipinski definition) is 0. The molecule has 0 atom stereocenters. The van der Waals surface area contributed by atoms with Crippen LogP contribution in [-0.2, 0) is 58.7 Å². The predicted octanol–water partition coefficient (Wildman–Crippen LogP) is 15.3. The Balaban J connectivity index is 0.000000372. The molecule has 0 N–H and O–H groups in total. The predicted molar refractivity (Wildman–Crippen MR) is 284 cm³/mol. The van der Waals surface area contributed by atoms with Gasteiger partial charge in [0, 0.05) is 39.3 Å². The first-order valence-electron chi connectivity index (χ1n) is 22.3. The van der Waals surface area contributed by atoms with Crippen LogP contribution in [0.15, 0.2) is 182 Å². The van der Waals surface area contributed by atoms with E-state index in [9.17, 15) is 34.5 Å². The standard InChI is InChI=1S/2C24H27N3.2CHCl3.2BF4.Zn/c2*1-4-10-22(11-5-1)16-25-19-26(17-23-12-6-2-7-13-23)21-27(20-25)18-24-14-8-3-9-15-24;2*2-1(3)4;2*2-1(3,4)5;/h2*1-15H,16-21H2;2*1H;;;/q;;;;2*-1;+2. The minimum Gasteiger partial charge on any atom is -0.418 e. The smallest absolute Gasteiger partial charge is 0.418 e. The Morgan fingerprint density at radius 2 is 0.370 bits per heavy atom. The fourth-order valence-corrected chi connectivity index (χ4v) is 7.62. The molecule has 0 saturated carbocycles. The number of benzene rings is 6. The third-order valence-electron chi connectivity index (χ3n) is 9.89. The summed E-state index contributed by atoms with van der Waals surface area (Å²) in [4.78, 5) is 15.2. The van der Waals surface area contributed by atoms with E-state index in [2.05, 4.69) is 211 Å². The normalized spacial score (nSPS) is 14.8. The van der Waals surface area contributed by atoms with Gasteiger partial charge in [0.1, 0.15) is 0 Å². The van der Waals surface area contributed by atoms with Crippen LogP contribution in [-0.4, -0.2) is 92.5 Å². The second-order valence-electron chi connectivity index (χ2n) is 16.2. The quantitative estimate of drug-likeness (QED) is 0.0686. The Morgan fingerprint density at radius 3 is 0.466 bits per heavy atom. The minimum absolute atomic E-state index is 0. The summed E-state index contributed by atoms with van der Waals surface area (Å²) in [6, 6.07) is 64.7. The van der Waals surface area contributed by atoms with Crippen molar-refractivity contribution in [2.24, 2.45) is 0 Å². The molecule has 8 rings (SSSR count). The van der Waals surface area contributed by atoms with E-state index in [0.717, 1.165) is 79.3 Å². The van der Waals surface area contributed by atoms with Crippen molar-refractivity contribution in [1.82, 2.24) is 29.4 Å². The van der Waals surface area contributed by atoms with E-state index >= 15 is 0 Å². The Morgan fingerprint density at radius 1 is 0.274 bits per heavy atom. The Labute approximate surface area is 467 Å². The fraction of sp³-hybridized carbons (Fsp3) is 0.280. The van der Waals surface area contributed by atoms with Gasteiger partial charge in [-0.15, -0.1) is 0 Å². The molecule has 6 aromatic rings.